The van der Waals surface area contributed by atoms with Gasteiger partial charge in [-0.25, -0.2) is 4.98 Å². The van der Waals surface area contributed by atoms with Crippen molar-refractivity contribution in [3.8, 4) is 11.8 Å². The van der Waals surface area contributed by atoms with E-state index in [2.05, 4.69) is 20.0 Å². The average molecular weight is 436 g/mol. The van der Waals surface area contributed by atoms with Gasteiger partial charge in [-0.15, -0.1) is 13.2 Å². The molecule has 0 fully saturated rings. The summed E-state index contributed by atoms with van der Waals surface area (Å²) in [5.41, 5.74) is 4.16. The lowest BCUT2D eigenvalue weighted by Crippen LogP contribution is -2.17. The first-order valence-corrected chi connectivity index (χ1v) is 9.45. The number of nitrogens with zero attached hydrogens (tertiary/aromatic N) is 3. The largest absolute Gasteiger partial charge is 0.573 e. The van der Waals surface area contributed by atoms with E-state index >= 15 is 0 Å². The first-order valence-electron chi connectivity index (χ1n) is 9.45. The van der Waals surface area contributed by atoms with Gasteiger partial charge in [0.2, 0.25) is 0 Å². The maximum atomic E-state index is 12.7. The highest BCUT2D eigenvalue weighted by Crippen LogP contribution is 2.29. The molecular formula is C23H15F3N4O2. The number of aryl methyl sites for hydroxylation is 1. The molecule has 1 aliphatic rings. The number of carbonyl (C=O) groups is 1. The van der Waals surface area contributed by atoms with Crippen molar-refractivity contribution in [1.29, 1.82) is 5.26 Å². The Morgan fingerprint density at radius 2 is 2.00 bits per heavy atom. The lowest BCUT2D eigenvalue weighted by molar-refractivity contribution is -0.274. The molecule has 1 N–H and O–H groups in total. The van der Waals surface area contributed by atoms with Crippen LogP contribution >= 0.6 is 0 Å². The number of anilines is 1. The van der Waals surface area contributed by atoms with Crippen LogP contribution in [0.25, 0.3) is 0 Å². The van der Waals surface area contributed by atoms with Crippen LogP contribution in [0, 0.1) is 18.3 Å². The summed E-state index contributed by atoms with van der Waals surface area (Å²) >= 11 is 0. The van der Waals surface area contributed by atoms with Gasteiger partial charge in [0, 0.05) is 23.0 Å². The smallest absolute Gasteiger partial charge is 0.406 e. The Balaban J connectivity index is 1.59. The highest BCUT2D eigenvalue weighted by molar-refractivity contribution is 6.16. The average Bonchev–Trinajstić information content (AvgIpc) is 3.15. The summed E-state index contributed by atoms with van der Waals surface area (Å²) in [6.45, 7) is 2.06. The second-order valence-electron chi connectivity index (χ2n) is 7.07. The van der Waals surface area contributed by atoms with E-state index in [-0.39, 0.29) is 11.4 Å². The molecule has 2 aromatic carbocycles. The third kappa shape index (κ3) is 4.44. The van der Waals surface area contributed by atoms with E-state index in [0.717, 1.165) is 5.56 Å². The fourth-order valence-corrected chi connectivity index (χ4v) is 3.41. The predicted molar refractivity (Wildman–Crippen MR) is 111 cm³/mol. The Morgan fingerprint density at radius 1 is 1.19 bits per heavy atom. The Bertz CT molecular complexity index is 1290. The summed E-state index contributed by atoms with van der Waals surface area (Å²) in [4.78, 5) is 21.2. The van der Waals surface area contributed by atoms with Crippen molar-refractivity contribution in [2.24, 2.45) is 4.99 Å². The monoisotopic (exact) mass is 436 g/mol. The molecule has 3 aromatic rings. The second kappa shape index (κ2) is 8.15. The van der Waals surface area contributed by atoms with Crippen LogP contribution in [-0.4, -0.2) is 23.0 Å². The molecule has 0 unspecified atom stereocenters. The van der Waals surface area contributed by atoms with Crippen LogP contribution < -0.4 is 10.1 Å². The molecule has 0 aliphatic carbocycles. The van der Waals surface area contributed by atoms with E-state index < -0.39 is 12.3 Å². The number of benzene rings is 2. The number of aromatic nitrogens is 1. The van der Waals surface area contributed by atoms with E-state index in [1.54, 1.807) is 37.3 Å². The fourth-order valence-electron chi connectivity index (χ4n) is 3.41. The highest BCUT2D eigenvalue weighted by Gasteiger charge is 2.31. The van der Waals surface area contributed by atoms with Crippen LogP contribution in [0.3, 0.4) is 0 Å². The summed E-state index contributed by atoms with van der Waals surface area (Å²) < 4.78 is 41.7. The fraction of sp³-hybridized carbons (Fsp3) is 0.130. The number of nitrogens with one attached hydrogen (secondary N) is 1. The Hall–Kier alpha value is -4.19. The van der Waals surface area contributed by atoms with Gasteiger partial charge >= 0.3 is 6.36 Å². The SMILES string of the molecule is Cc1cc(C#N)cnc1C(=O)Nc1ccc2c(c1)C(c1cccc(OC(F)(F)F)c1)=NC2. The molecule has 160 valence electrons. The van der Waals surface area contributed by atoms with Crippen molar-refractivity contribution >= 4 is 17.3 Å². The molecule has 9 heteroatoms. The molecule has 1 aliphatic heterocycles. The summed E-state index contributed by atoms with van der Waals surface area (Å²) in [7, 11) is 0. The first kappa shape index (κ1) is 21.1. The van der Waals surface area contributed by atoms with Crippen LogP contribution in [0.5, 0.6) is 5.75 Å². The van der Waals surface area contributed by atoms with Crippen molar-refractivity contribution in [2.45, 2.75) is 19.8 Å². The van der Waals surface area contributed by atoms with Crippen molar-refractivity contribution in [1.82, 2.24) is 4.98 Å². The Kier molecular flexibility index (Phi) is 5.36. The van der Waals surface area contributed by atoms with Gasteiger partial charge in [-0.05, 0) is 48.4 Å². The minimum absolute atomic E-state index is 0.190. The Morgan fingerprint density at radius 3 is 2.72 bits per heavy atom. The van der Waals surface area contributed by atoms with E-state index in [9.17, 15) is 18.0 Å². The van der Waals surface area contributed by atoms with Crippen LogP contribution in [-0.2, 0) is 6.54 Å². The molecular weight excluding hydrogens is 421 g/mol. The quantitative estimate of drug-likeness (QED) is 0.639. The van der Waals surface area contributed by atoms with E-state index in [1.165, 1.54) is 24.4 Å². The minimum atomic E-state index is -4.79. The number of rotatable bonds is 4. The molecule has 0 atom stereocenters. The Labute approximate surface area is 181 Å². The zero-order valence-corrected chi connectivity index (χ0v) is 16.7. The highest BCUT2D eigenvalue weighted by atomic mass is 19.4. The first-order chi connectivity index (χ1) is 15.2. The van der Waals surface area contributed by atoms with Gasteiger partial charge in [0.15, 0.2) is 0 Å². The summed E-state index contributed by atoms with van der Waals surface area (Å²) in [6, 6.07) is 14.4. The summed E-state index contributed by atoms with van der Waals surface area (Å²) in [5, 5.41) is 11.7. The molecule has 0 saturated heterocycles. The molecule has 1 amide bonds. The number of amides is 1. The van der Waals surface area contributed by atoms with Gasteiger partial charge in [0.1, 0.15) is 17.5 Å². The second-order valence-corrected chi connectivity index (χ2v) is 7.07. The van der Waals surface area contributed by atoms with E-state index in [4.69, 9.17) is 5.26 Å². The maximum absolute atomic E-state index is 12.7. The third-order valence-corrected chi connectivity index (χ3v) is 4.79. The molecule has 2 heterocycles. The van der Waals surface area contributed by atoms with Crippen molar-refractivity contribution in [3.05, 3.63) is 88.2 Å². The number of hydrogen-bond donors (Lipinski definition) is 1. The van der Waals surface area contributed by atoms with Crippen LogP contribution in [0.4, 0.5) is 18.9 Å². The molecule has 0 saturated carbocycles. The van der Waals surface area contributed by atoms with Crippen molar-refractivity contribution in [3.63, 3.8) is 0 Å². The van der Waals surface area contributed by atoms with Gasteiger partial charge in [-0.1, -0.05) is 18.2 Å². The number of alkyl halides is 3. The van der Waals surface area contributed by atoms with Gasteiger partial charge in [0.05, 0.1) is 17.8 Å². The maximum Gasteiger partial charge on any atom is 0.573 e. The van der Waals surface area contributed by atoms with E-state index in [1.807, 2.05) is 6.07 Å². The number of ether oxygens (including phenoxy) is 1. The molecule has 6 nitrogen and oxygen atoms in total. The third-order valence-electron chi connectivity index (χ3n) is 4.79. The summed E-state index contributed by atoms with van der Waals surface area (Å²) in [6.07, 6.45) is -3.46. The zero-order valence-electron chi connectivity index (χ0n) is 16.7. The number of aliphatic imine (C=N–C) groups is 1. The van der Waals surface area contributed by atoms with Crippen molar-refractivity contribution < 1.29 is 22.7 Å². The lowest BCUT2D eigenvalue weighted by atomic mass is 9.99. The number of nitriles is 1. The van der Waals surface area contributed by atoms with Gasteiger partial charge in [-0.3, -0.25) is 9.79 Å². The van der Waals surface area contributed by atoms with Crippen molar-refractivity contribution in [2.75, 3.05) is 5.32 Å². The molecule has 0 spiro atoms. The topological polar surface area (TPSA) is 87.4 Å². The van der Waals surface area contributed by atoms with Gasteiger partial charge in [0.25, 0.3) is 5.91 Å². The van der Waals surface area contributed by atoms with Gasteiger partial charge in [-0.2, -0.15) is 5.26 Å². The van der Waals surface area contributed by atoms with Crippen LogP contribution in [0.2, 0.25) is 0 Å². The van der Waals surface area contributed by atoms with E-state index in [0.29, 0.717) is 40.2 Å². The number of hydrogen-bond acceptors (Lipinski definition) is 5. The van der Waals surface area contributed by atoms with Gasteiger partial charge < -0.3 is 10.1 Å². The molecule has 1 aromatic heterocycles. The van der Waals surface area contributed by atoms with Crippen LogP contribution in [0.1, 0.15) is 38.3 Å². The molecule has 0 radical (unpaired) electrons. The lowest BCUT2D eigenvalue weighted by Gasteiger charge is -2.12. The van der Waals surface area contributed by atoms with Crippen LogP contribution in [0.15, 0.2) is 59.7 Å². The standard InChI is InChI=1S/C23H15F3N4O2/c1-13-7-14(10-27)11-28-20(13)22(31)30-17-6-5-16-12-29-21(19(16)9-17)15-3-2-4-18(8-15)32-23(24,25)26/h2-9,11H,12H2,1H3,(H,30,31). The molecule has 4 rings (SSSR count). The molecule has 0 bridgehead atoms. The normalized spacial score (nSPS) is 12.5. The number of fused-ring (bicyclic) bond motifs is 1. The number of carbonyl (C=O) groups excluding carboxylic acids is 1. The number of pyridine rings is 1. The molecule has 32 heavy (non-hydrogen) atoms. The summed E-state index contributed by atoms with van der Waals surface area (Å²) in [5.74, 6) is -0.776. The predicted octanol–water partition coefficient (Wildman–Crippen LogP) is 4.76. The number of halogens is 3. The zero-order chi connectivity index (χ0) is 22.9. The minimum Gasteiger partial charge on any atom is -0.406 e.